The van der Waals surface area contributed by atoms with Gasteiger partial charge < -0.3 is 10.8 Å². The van der Waals surface area contributed by atoms with Gasteiger partial charge in [0, 0.05) is 11.1 Å². The number of aromatic hydroxyl groups is 1. The highest BCUT2D eigenvalue weighted by molar-refractivity contribution is 6.31. The maximum absolute atomic E-state index is 9.11. The van der Waals surface area contributed by atoms with Crippen molar-refractivity contribution < 1.29 is 5.11 Å². The fourth-order valence-corrected chi connectivity index (χ4v) is 1.38. The lowest BCUT2D eigenvalue weighted by Crippen LogP contribution is -2.21. The molecule has 3 N–H and O–H groups in total. The highest BCUT2D eigenvalue weighted by Crippen LogP contribution is 2.22. The molecule has 1 aromatic rings. The standard InChI is InChI=1S/C10H14ClNO.ClH/c1-2-8(12)5-7-3-4-9(13)6-10(7)11;/h3-4,6,8,13H,2,5,12H2,1H3;1H. The molecular weight excluding hydrogens is 221 g/mol. The molecule has 0 heterocycles. The lowest BCUT2D eigenvalue weighted by atomic mass is 10.0. The summed E-state index contributed by atoms with van der Waals surface area (Å²) in [6.45, 7) is 2.04. The van der Waals surface area contributed by atoms with E-state index in [9.17, 15) is 0 Å². The number of nitrogens with two attached hydrogens (primary N) is 1. The van der Waals surface area contributed by atoms with Gasteiger partial charge in [-0.25, -0.2) is 0 Å². The maximum atomic E-state index is 9.11. The molecule has 0 amide bonds. The van der Waals surface area contributed by atoms with Gasteiger partial charge in [-0.3, -0.25) is 0 Å². The van der Waals surface area contributed by atoms with Gasteiger partial charge in [0.15, 0.2) is 0 Å². The molecule has 2 nitrogen and oxygen atoms in total. The van der Waals surface area contributed by atoms with Gasteiger partial charge in [-0.1, -0.05) is 24.6 Å². The molecule has 0 saturated carbocycles. The van der Waals surface area contributed by atoms with E-state index < -0.39 is 0 Å². The minimum atomic E-state index is 0. The molecule has 0 aromatic heterocycles. The van der Waals surface area contributed by atoms with Gasteiger partial charge in [0.05, 0.1) is 0 Å². The molecule has 0 fully saturated rings. The van der Waals surface area contributed by atoms with Gasteiger partial charge in [0.25, 0.3) is 0 Å². The Kier molecular flexibility index (Phi) is 5.93. The van der Waals surface area contributed by atoms with E-state index in [1.165, 1.54) is 0 Å². The lowest BCUT2D eigenvalue weighted by molar-refractivity contribution is 0.475. The zero-order chi connectivity index (χ0) is 9.84. The second-order valence-electron chi connectivity index (χ2n) is 3.15. The van der Waals surface area contributed by atoms with Crippen LogP contribution in [0.1, 0.15) is 18.9 Å². The van der Waals surface area contributed by atoms with Crippen LogP contribution in [0.5, 0.6) is 5.75 Å². The van der Waals surface area contributed by atoms with Crippen LogP contribution in [0.25, 0.3) is 0 Å². The second-order valence-corrected chi connectivity index (χ2v) is 3.56. The molecule has 0 radical (unpaired) electrons. The molecular formula is C10H15Cl2NO. The summed E-state index contributed by atoms with van der Waals surface area (Å²) >= 11 is 5.92. The molecule has 0 aliphatic carbocycles. The van der Waals surface area contributed by atoms with Gasteiger partial charge in [0.1, 0.15) is 5.75 Å². The molecule has 0 bridgehead atoms. The summed E-state index contributed by atoms with van der Waals surface area (Å²) < 4.78 is 0. The van der Waals surface area contributed by atoms with Gasteiger partial charge in [0.2, 0.25) is 0 Å². The van der Waals surface area contributed by atoms with Crippen LogP contribution in [-0.4, -0.2) is 11.1 Å². The minimum absolute atomic E-state index is 0. The van der Waals surface area contributed by atoms with Crippen LogP contribution in [0.4, 0.5) is 0 Å². The fraction of sp³-hybridized carbons (Fsp3) is 0.400. The third-order valence-electron chi connectivity index (χ3n) is 2.04. The van der Waals surface area contributed by atoms with Gasteiger partial charge >= 0.3 is 0 Å². The molecule has 0 aliphatic rings. The second kappa shape index (κ2) is 6.12. The SMILES string of the molecule is CCC(N)Cc1ccc(O)cc1Cl.Cl. The van der Waals surface area contributed by atoms with Crippen LogP contribution in [0.2, 0.25) is 5.02 Å². The van der Waals surface area contributed by atoms with E-state index >= 15 is 0 Å². The number of hydrogen-bond acceptors (Lipinski definition) is 2. The molecule has 80 valence electrons. The summed E-state index contributed by atoms with van der Waals surface area (Å²) in [6, 6.07) is 5.12. The highest BCUT2D eigenvalue weighted by atomic mass is 35.5. The fourth-order valence-electron chi connectivity index (χ4n) is 1.13. The Morgan fingerprint density at radius 3 is 2.64 bits per heavy atom. The molecule has 1 rings (SSSR count). The van der Waals surface area contributed by atoms with E-state index in [1.807, 2.05) is 13.0 Å². The van der Waals surface area contributed by atoms with Crippen LogP contribution in [0, 0.1) is 0 Å². The van der Waals surface area contributed by atoms with Crippen molar-refractivity contribution in [2.24, 2.45) is 5.73 Å². The van der Waals surface area contributed by atoms with Crippen LogP contribution in [-0.2, 0) is 6.42 Å². The Morgan fingerprint density at radius 1 is 1.50 bits per heavy atom. The number of benzene rings is 1. The van der Waals surface area contributed by atoms with E-state index in [4.69, 9.17) is 22.4 Å². The first-order valence-corrected chi connectivity index (χ1v) is 4.74. The van der Waals surface area contributed by atoms with Crippen LogP contribution >= 0.6 is 24.0 Å². The summed E-state index contributed by atoms with van der Waals surface area (Å²) in [4.78, 5) is 0. The summed E-state index contributed by atoms with van der Waals surface area (Å²) in [7, 11) is 0. The number of hydrogen-bond donors (Lipinski definition) is 2. The van der Waals surface area contributed by atoms with E-state index in [2.05, 4.69) is 0 Å². The highest BCUT2D eigenvalue weighted by Gasteiger charge is 2.05. The summed E-state index contributed by atoms with van der Waals surface area (Å²) in [6.07, 6.45) is 1.69. The van der Waals surface area contributed by atoms with Gasteiger partial charge in [-0.05, 0) is 30.5 Å². The smallest absolute Gasteiger partial charge is 0.117 e. The number of rotatable bonds is 3. The van der Waals surface area contributed by atoms with Crippen molar-refractivity contribution in [3.05, 3.63) is 28.8 Å². The van der Waals surface area contributed by atoms with Crippen molar-refractivity contribution in [1.29, 1.82) is 0 Å². The average molecular weight is 236 g/mol. The first-order chi connectivity index (χ1) is 6.13. The summed E-state index contributed by atoms with van der Waals surface area (Å²) in [5.41, 5.74) is 6.79. The molecule has 1 atom stereocenters. The van der Waals surface area contributed by atoms with E-state index in [0.717, 1.165) is 18.4 Å². The molecule has 14 heavy (non-hydrogen) atoms. The monoisotopic (exact) mass is 235 g/mol. The molecule has 0 aliphatic heterocycles. The lowest BCUT2D eigenvalue weighted by Gasteiger charge is -2.09. The number of phenolic OH excluding ortho intramolecular Hbond substituents is 1. The Balaban J connectivity index is 0.00000169. The minimum Gasteiger partial charge on any atom is -0.508 e. The summed E-state index contributed by atoms with van der Waals surface area (Å²) in [5.74, 6) is 0.193. The molecule has 1 aromatic carbocycles. The van der Waals surface area contributed by atoms with Crippen molar-refractivity contribution >= 4 is 24.0 Å². The zero-order valence-electron chi connectivity index (χ0n) is 8.03. The first kappa shape index (κ1) is 13.6. The van der Waals surface area contributed by atoms with Crippen LogP contribution in [0.15, 0.2) is 18.2 Å². The Labute approximate surface area is 95.5 Å². The van der Waals surface area contributed by atoms with E-state index in [0.29, 0.717) is 5.02 Å². The van der Waals surface area contributed by atoms with Gasteiger partial charge in [-0.2, -0.15) is 0 Å². The third-order valence-corrected chi connectivity index (χ3v) is 2.39. The Morgan fingerprint density at radius 2 is 2.14 bits per heavy atom. The molecule has 1 unspecified atom stereocenters. The van der Waals surface area contributed by atoms with E-state index in [-0.39, 0.29) is 24.2 Å². The largest absolute Gasteiger partial charge is 0.508 e. The number of phenols is 1. The van der Waals surface area contributed by atoms with Crippen molar-refractivity contribution in [3.63, 3.8) is 0 Å². The van der Waals surface area contributed by atoms with Crippen LogP contribution in [0.3, 0.4) is 0 Å². The predicted molar refractivity (Wildman–Crippen MR) is 62.3 cm³/mol. The molecule has 4 heteroatoms. The van der Waals surface area contributed by atoms with Crippen molar-refractivity contribution in [2.45, 2.75) is 25.8 Å². The predicted octanol–water partition coefficient (Wildman–Crippen LogP) is 2.75. The maximum Gasteiger partial charge on any atom is 0.117 e. The van der Waals surface area contributed by atoms with E-state index in [1.54, 1.807) is 12.1 Å². The first-order valence-electron chi connectivity index (χ1n) is 4.36. The van der Waals surface area contributed by atoms with Crippen molar-refractivity contribution in [3.8, 4) is 5.75 Å². The van der Waals surface area contributed by atoms with Crippen molar-refractivity contribution in [1.82, 2.24) is 0 Å². The Hall–Kier alpha value is -0.440. The quantitative estimate of drug-likeness (QED) is 0.847. The average Bonchev–Trinajstić information content (AvgIpc) is 2.09. The molecule has 0 saturated heterocycles. The number of halogens is 2. The molecule has 0 spiro atoms. The van der Waals surface area contributed by atoms with Crippen LogP contribution < -0.4 is 5.73 Å². The third kappa shape index (κ3) is 3.74. The topological polar surface area (TPSA) is 46.2 Å². The van der Waals surface area contributed by atoms with Gasteiger partial charge in [-0.15, -0.1) is 12.4 Å². The van der Waals surface area contributed by atoms with Crippen molar-refractivity contribution in [2.75, 3.05) is 0 Å². The zero-order valence-corrected chi connectivity index (χ0v) is 9.61. The Bertz CT molecular complexity index is 291. The normalized spacial score (nSPS) is 11.9. The summed E-state index contributed by atoms with van der Waals surface area (Å²) in [5, 5.41) is 9.70.